The number of hydrogen-bond acceptors (Lipinski definition) is 7. The number of aryl methyl sites for hydroxylation is 1. The van der Waals surface area contributed by atoms with Crippen molar-refractivity contribution in [2.75, 3.05) is 18.6 Å². The summed E-state index contributed by atoms with van der Waals surface area (Å²) in [6.07, 6.45) is 1.40. The van der Waals surface area contributed by atoms with Crippen LogP contribution in [0.15, 0.2) is 78.4 Å². The van der Waals surface area contributed by atoms with Crippen LogP contribution < -0.4 is 19.7 Å². The van der Waals surface area contributed by atoms with E-state index in [1.54, 1.807) is 19.1 Å². The average molecular weight is 690 g/mol. The number of amides is 4. The first kappa shape index (κ1) is 29.8. The van der Waals surface area contributed by atoms with Gasteiger partial charge in [-0.3, -0.25) is 14.9 Å². The quantitative estimate of drug-likeness (QED) is 0.102. The lowest BCUT2D eigenvalue weighted by Crippen LogP contribution is -2.54. The van der Waals surface area contributed by atoms with Gasteiger partial charge in [-0.25, -0.2) is 14.5 Å². The number of rotatable bonds is 8. The van der Waals surface area contributed by atoms with E-state index in [9.17, 15) is 19.2 Å². The second-order valence-electron chi connectivity index (χ2n) is 9.63. The molecule has 1 aliphatic heterocycles. The SMILES string of the molecule is CCOC(=O)c1ccc(N2C(=O)NC(=O)/C(=C\c3cc(I)c(OCc4c(C)ccc5ccccc45)c(OC)c3)C2=O)cc1. The first-order valence-corrected chi connectivity index (χ1v) is 14.5. The van der Waals surface area contributed by atoms with Gasteiger partial charge in [0, 0.05) is 5.56 Å². The van der Waals surface area contributed by atoms with Gasteiger partial charge >= 0.3 is 12.0 Å². The van der Waals surface area contributed by atoms with Gasteiger partial charge in [-0.15, -0.1) is 0 Å². The first-order chi connectivity index (χ1) is 20.7. The predicted octanol–water partition coefficient (Wildman–Crippen LogP) is 6.18. The standard InChI is InChI=1S/C33H27IN2O7/c1-4-42-32(39)22-11-13-23(14-12-22)36-31(38)25(30(37)35-33(36)40)15-20-16-27(34)29(28(17-20)41-3)43-18-26-19(2)9-10-21-7-5-6-8-24(21)26/h5-17H,4,18H2,1-3H3,(H,35,37,40)/b25-15+. The molecule has 4 amide bonds. The molecule has 4 aromatic rings. The van der Waals surface area contributed by atoms with E-state index >= 15 is 0 Å². The van der Waals surface area contributed by atoms with Crippen molar-refractivity contribution in [1.82, 2.24) is 5.32 Å². The van der Waals surface area contributed by atoms with E-state index in [4.69, 9.17) is 14.2 Å². The topological polar surface area (TPSA) is 111 Å². The Bertz CT molecular complexity index is 1800. The molecule has 1 aliphatic rings. The van der Waals surface area contributed by atoms with Crippen LogP contribution in [0.3, 0.4) is 0 Å². The van der Waals surface area contributed by atoms with Gasteiger partial charge < -0.3 is 14.2 Å². The summed E-state index contributed by atoms with van der Waals surface area (Å²) >= 11 is 2.12. The van der Waals surface area contributed by atoms with E-state index in [0.29, 0.717) is 27.2 Å². The number of imide groups is 2. The van der Waals surface area contributed by atoms with Crippen molar-refractivity contribution in [2.24, 2.45) is 0 Å². The van der Waals surface area contributed by atoms with E-state index < -0.39 is 23.8 Å². The number of ether oxygens (including phenoxy) is 3. The van der Waals surface area contributed by atoms with Crippen molar-refractivity contribution < 1.29 is 33.4 Å². The van der Waals surface area contributed by atoms with Crippen LogP contribution in [0.5, 0.6) is 11.5 Å². The summed E-state index contributed by atoms with van der Waals surface area (Å²) in [6, 6.07) is 20.5. The van der Waals surface area contributed by atoms with Gasteiger partial charge in [-0.2, -0.15) is 0 Å². The van der Waals surface area contributed by atoms with Crippen molar-refractivity contribution in [3.05, 3.63) is 104 Å². The fourth-order valence-electron chi connectivity index (χ4n) is 4.76. The number of carbonyl (C=O) groups excluding carboxylic acids is 4. The van der Waals surface area contributed by atoms with Gasteiger partial charge in [0.2, 0.25) is 0 Å². The van der Waals surface area contributed by atoms with Gasteiger partial charge in [0.1, 0.15) is 12.2 Å². The van der Waals surface area contributed by atoms with Crippen molar-refractivity contribution in [2.45, 2.75) is 20.5 Å². The summed E-state index contributed by atoms with van der Waals surface area (Å²) in [7, 11) is 1.51. The smallest absolute Gasteiger partial charge is 0.338 e. The molecule has 0 aromatic heterocycles. The van der Waals surface area contributed by atoms with Crippen molar-refractivity contribution >= 4 is 68.9 Å². The van der Waals surface area contributed by atoms with Crippen molar-refractivity contribution in [3.8, 4) is 11.5 Å². The van der Waals surface area contributed by atoms with Crippen LogP contribution in [0.2, 0.25) is 0 Å². The molecule has 0 atom stereocenters. The lowest BCUT2D eigenvalue weighted by molar-refractivity contribution is -0.122. The summed E-state index contributed by atoms with van der Waals surface area (Å²) in [6.45, 7) is 4.26. The number of barbiturate groups is 1. The van der Waals surface area contributed by atoms with E-state index in [1.807, 2.05) is 19.1 Å². The zero-order valence-corrected chi connectivity index (χ0v) is 25.8. The minimum atomic E-state index is -0.893. The lowest BCUT2D eigenvalue weighted by atomic mass is 10.0. The minimum Gasteiger partial charge on any atom is -0.493 e. The van der Waals surface area contributed by atoms with E-state index in [0.717, 1.165) is 26.8 Å². The summed E-state index contributed by atoms with van der Waals surface area (Å²) in [5, 5.41) is 4.43. The molecule has 1 fully saturated rings. The number of carbonyl (C=O) groups is 4. The molecular formula is C33H27IN2O7. The van der Waals surface area contributed by atoms with Crippen LogP contribution >= 0.6 is 22.6 Å². The fraction of sp³-hybridized carbons (Fsp3) is 0.152. The van der Waals surface area contributed by atoms with E-state index in [1.165, 1.54) is 37.5 Å². The van der Waals surface area contributed by atoms with Gasteiger partial charge in [0.25, 0.3) is 11.8 Å². The molecule has 1 N–H and O–H groups in total. The van der Waals surface area contributed by atoms with Crippen LogP contribution in [0.4, 0.5) is 10.5 Å². The van der Waals surface area contributed by atoms with Gasteiger partial charge in [0.15, 0.2) is 11.5 Å². The number of benzene rings is 4. The molecule has 10 heteroatoms. The van der Waals surface area contributed by atoms with Crippen LogP contribution in [0.25, 0.3) is 16.8 Å². The van der Waals surface area contributed by atoms with Crippen LogP contribution in [0.1, 0.15) is 34.0 Å². The number of fused-ring (bicyclic) bond motifs is 1. The largest absolute Gasteiger partial charge is 0.493 e. The van der Waals surface area contributed by atoms with Crippen LogP contribution in [-0.4, -0.2) is 37.5 Å². The molecule has 0 bridgehead atoms. The summed E-state index contributed by atoms with van der Waals surface area (Å²) in [4.78, 5) is 51.6. The number of hydrogen-bond donors (Lipinski definition) is 1. The highest BCUT2D eigenvalue weighted by atomic mass is 127. The van der Waals surface area contributed by atoms with Gasteiger partial charge in [-0.1, -0.05) is 36.4 Å². The number of anilines is 1. The van der Waals surface area contributed by atoms with E-state index in [-0.39, 0.29) is 23.4 Å². The first-order valence-electron chi connectivity index (χ1n) is 13.4. The molecule has 1 heterocycles. The minimum absolute atomic E-state index is 0.189. The highest BCUT2D eigenvalue weighted by Gasteiger charge is 2.37. The van der Waals surface area contributed by atoms with Crippen molar-refractivity contribution in [1.29, 1.82) is 0 Å². The third-order valence-corrected chi connectivity index (χ3v) is 7.74. The van der Waals surface area contributed by atoms with E-state index in [2.05, 4.69) is 52.2 Å². The Labute approximate surface area is 261 Å². The number of nitrogens with one attached hydrogen (secondary N) is 1. The van der Waals surface area contributed by atoms with Gasteiger partial charge in [-0.05, 0) is 101 Å². The Balaban J connectivity index is 1.42. The number of halogens is 1. The predicted molar refractivity (Wildman–Crippen MR) is 170 cm³/mol. The molecule has 0 aliphatic carbocycles. The van der Waals surface area contributed by atoms with Gasteiger partial charge in [0.05, 0.1) is 28.5 Å². The molecule has 1 saturated heterocycles. The second-order valence-corrected chi connectivity index (χ2v) is 10.8. The monoisotopic (exact) mass is 690 g/mol. The molecule has 0 spiro atoms. The Morgan fingerprint density at radius 1 is 1.00 bits per heavy atom. The Morgan fingerprint density at radius 3 is 2.47 bits per heavy atom. The molecule has 218 valence electrons. The average Bonchev–Trinajstić information content (AvgIpc) is 2.99. The highest BCUT2D eigenvalue weighted by molar-refractivity contribution is 14.1. The maximum atomic E-state index is 13.4. The number of nitrogens with zero attached hydrogens (tertiary/aromatic N) is 1. The Kier molecular flexibility index (Phi) is 8.76. The molecule has 5 rings (SSSR count). The third-order valence-electron chi connectivity index (χ3n) is 6.94. The Morgan fingerprint density at radius 2 is 1.74 bits per heavy atom. The molecule has 43 heavy (non-hydrogen) atoms. The fourth-order valence-corrected chi connectivity index (χ4v) is 5.54. The third kappa shape index (κ3) is 6.09. The van der Waals surface area contributed by atoms with Crippen molar-refractivity contribution in [3.63, 3.8) is 0 Å². The Hall–Kier alpha value is -4.71. The summed E-state index contributed by atoms with van der Waals surface area (Å²) in [5.41, 5.74) is 2.88. The summed E-state index contributed by atoms with van der Waals surface area (Å²) in [5.74, 6) is -1.21. The number of urea groups is 1. The number of methoxy groups -OCH3 is 1. The maximum absolute atomic E-state index is 13.4. The molecule has 0 radical (unpaired) electrons. The number of esters is 1. The zero-order valence-electron chi connectivity index (χ0n) is 23.6. The summed E-state index contributed by atoms with van der Waals surface area (Å²) < 4.78 is 17.6. The molecule has 0 unspecified atom stereocenters. The molecule has 0 saturated carbocycles. The molecule has 9 nitrogen and oxygen atoms in total. The van der Waals surface area contributed by atoms with Crippen LogP contribution in [0, 0.1) is 10.5 Å². The zero-order chi connectivity index (χ0) is 30.7. The van der Waals surface area contributed by atoms with Crippen LogP contribution in [-0.2, 0) is 20.9 Å². The lowest BCUT2D eigenvalue weighted by Gasteiger charge is -2.26. The maximum Gasteiger partial charge on any atom is 0.338 e. The highest BCUT2D eigenvalue weighted by Crippen LogP contribution is 2.36. The molecule has 4 aromatic carbocycles. The molecular weight excluding hydrogens is 663 g/mol. The second kappa shape index (κ2) is 12.7. The normalized spacial score (nSPS) is 14.2.